The molecule has 2 heterocycles. The number of nitrogens with zero attached hydrogens (tertiary/aromatic N) is 2. The van der Waals surface area contributed by atoms with Crippen LogP contribution in [0.4, 0.5) is 0 Å². The normalized spacial score (nSPS) is 26.4. The summed E-state index contributed by atoms with van der Waals surface area (Å²) < 4.78 is 26.9. The number of aryl methyl sites for hydroxylation is 1. The van der Waals surface area contributed by atoms with Gasteiger partial charge in [-0.2, -0.15) is 9.57 Å². The minimum Gasteiger partial charge on any atom is -0.316 e. The fraction of sp³-hybridized carbons (Fsp3) is 0.500. The number of nitriles is 1. The van der Waals surface area contributed by atoms with Crippen LogP contribution < -0.4 is 5.32 Å². The zero-order valence-electron chi connectivity index (χ0n) is 11.3. The Bertz CT molecular complexity index is 666. The van der Waals surface area contributed by atoms with Crippen molar-refractivity contribution in [1.29, 1.82) is 5.26 Å². The molecule has 106 valence electrons. The molecule has 0 aromatic heterocycles. The van der Waals surface area contributed by atoms with Crippen LogP contribution in [-0.2, 0) is 10.0 Å². The fourth-order valence-corrected chi connectivity index (χ4v) is 4.72. The van der Waals surface area contributed by atoms with Crippen molar-refractivity contribution >= 4 is 10.0 Å². The number of rotatable bonds is 2. The van der Waals surface area contributed by atoms with Crippen LogP contribution in [0.5, 0.6) is 0 Å². The van der Waals surface area contributed by atoms with Gasteiger partial charge < -0.3 is 5.32 Å². The molecule has 2 aliphatic heterocycles. The van der Waals surface area contributed by atoms with E-state index in [2.05, 4.69) is 11.4 Å². The van der Waals surface area contributed by atoms with Gasteiger partial charge in [0.1, 0.15) is 0 Å². The van der Waals surface area contributed by atoms with E-state index in [1.54, 1.807) is 23.4 Å². The second-order valence-corrected chi connectivity index (χ2v) is 7.53. The van der Waals surface area contributed by atoms with Crippen LogP contribution in [0.25, 0.3) is 0 Å². The Morgan fingerprint density at radius 3 is 2.50 bits per heavy atom. The average molecular weight is 291 g/mol. The van der Waals surface area contributed by atoms with Crippen molar-refractivity contribution < 1.29 is 8.42 Å². The predicted octanol–water partition coefficient (Wildman–Crippen LogP) is 0.707. The van der Waals surface area contributed by atoms with Gasteiger partial charge in [0.2, 0.25) is 10.0 Å². The first kappa shape index (κ1) is 13.6. The van der Waals surface area contributed by atoms with Gasteiger partial charge in [-0.15, -0.1) is 0 Å². The maximum Gasteiger partial charge on any atom is 0.243 e. The van der Waals surface area contributed by atoms with Gasteiger partial charge in [0.05, 0.1) is 16.5 Å². The van der Waals surface area contributed by atoms with E-state index in [-0.39, 0.29) is 0 Å². The van der Waals surface area contributed by atoms with Crippen molar-refractivity contribution in [3.8, 4) is 6.07 Å². The van der Waals surface area contributed by atoms with E-state index in [0.29, 0.717) is 40.9 Å². The first-order valence-electron chi connectivity index (χ1n) is 6.74. The van der Waals surface area contributed by atoms with Gasteiger partial charge in [-0.1, -0.05) is 0 Å². The summed E-state index contributed by atoms with van der Waals surface area (Å²) in [6.07, 6.45) is 0. The molecule has 2 saturated heterocycles. The Kier molecular flexibility index (Phi) is 3.28. The molecule has 3 rings (SSSR count). The second kappa shape index (κ2) is 4.85. The summed E-state index contributed by atoms with van der Waals surface area (Å²) in [4.78, 5) is 0.293. The van der Waals surface area contributed by atoms with Crippen molar-refractivity contribution in [2.75, 3.05) is 26.2 Å². The Balaban J connectivity index is 1.89. The molecule has 6 heteroatoms. The number of sulfonamides is 1. The second-order valence-electron chi connectivity index (χ2n) is 5.59. The van der Waals surface area contributed by atoms with E-state index in [4.69, 9.17) is 5.26 Å². The van der Waals surface area contributed by atoms with Crippen molar-refractivity contribution in [2.24, 2.45) is 11.8 Å². The van der Waals surface area contributed by atoms with Gasteiger partial charge in [-0.3, -0.25) is 0 Å². The summed E-state index contributed by atoms with van der Waals surface area (Å²) in [5, 5.41) is 12.2. The molecule has 2 aliphatic rings. The summed E-state index contributed by atoms with van der Waals surface area (Å²) in [6.45, 7) is 4.77. The summed E-state index contributed by atoms with van der Waals surface area (Å²) in [6, 6.07) is 6.78. The summed E-state index contributed by atoms with van der Waals surface area (Å²) in [5.41, 5.74) is 1.22. The third kappa shape index (κ3) is 2.12. The molecule has 2 atom stereocenters. The van der Waals surface area contributed by atoms with E-state index in [1.165, 1.54) is 6.07 Å². The zero-order chi connectivity index (χ0) is 14.3. The third-order valence-corrected chi connectivity index (χ3v) is 6.14. The molecule has 2 fully saturated rings. The van der Waals surface area contributed by atoms with E-state index < -0.39 is 10.0 Å². The first-order valence-corrected chi connectivity index (χ1v) is 8.18. The number of hydrogen-bond acceptors (Lipinski definition) is 4. The lowest BCUT2D eigenvalue weighted by molar-refractivity contribution is 0.448. The molecular weight excluding hydrogens is 274 g/mol. The van der Waals surface area contributed by atoms with Gasteiger partial charge in [0.25, 0.3) is 0 Å². The quantitative estimate of drug-likeness (QED) is 0.871. The summed E-state index contributed by atoms with van der Waals surface area (Å²) in [5.74, 6) is 0.869. The van der Waals surface area contributed by atoms with Crippen LogP contribution >= 0.6 is 0 Å². The molecule has 1 aromatic carbocycles. The van der Waals surface area contributed by atoms with Crippen LogP contribution in [-0.4, -0.2) is 38.9 Å². The van der Waals surface area contributed by atoms with Crippen LogP contribution in [0, 0.1) is 30.1 Å². The van der Waals surface area contributed by atoms with E-state index >= 15 is 0 Å². The smallest absolute Gasteiger partial charge is 0.243 e. The molecule has 0 radical (unpaired) electrons. The average Bonchev–Trinajstić information content (AvgIpc) is 2.99. The van der Waals surface area contributed by atoms with E-state index in [1.807, 2.05) is 0 Å². The molecule has 0 spiro atoms. The Morgan fingerprint density at radius 1 is 1.30 bits per heavy atom. The van der Waals surface area contributed by atoms with Gasteiger partial charge in [0.15, 0.2) is 0 Å². The lowest BCUT2D eigenvalue weighted by Crippen LogP contribution is -2.32. The summed E-state index contributed by atoms with van der Waals surface area (Å²) in [7, 11) is -3.43. The molecule has 0 bridgehead atoms. The first-order chi connectivity index (χ1) is 9.52. The van der Waals surface area contributed by atoms with Crippen molar-refractivity contribution in [2.45, 2.75) is 11.8 Å². The minimum atomic E-state index is -3.43. The standard InChI is InChI=1S/C14H17N3O2S/c1-10-4-14(3-2-11(10)5-15)20(18,19)17-8-12-6-16-7-13(12)9-17/h2-4,12-13,16H,6-9H2,1H3. The third-order valence-electron chi connectivity index (χ3n) is 4.31. The van der Waals surface area contributed by atoms with Crippen molar-refractivity contribution in [3.63, 3.8) is 0 Å². The van der Waals surface area contributed by atoms with Gasteiger partial charge in [-0.25, -0.2) is 8.42 Å². The SMILES string of the molecule is Cc1cc(S(=O)(=O)N2CC3CNCC3C2)ccc1C#N. The summed E-state index contributed by atoms with van der Waals surface area (Å²) >= 11 is 0. The Labute approximate surface area is 119 Å². The number of benzene rings is 1. The van der Waals surface area contributed by atoms with E-state index in [0.717, 1.165) is 13.1 Å². The van der Waals surface area contributed by atoms with Crippen LogP contribution in [0.2, 0.25) is 0 Å². The highest BCUT2D eigenvalue weighted by Crippen LogP contribution is 2.31. The molecule has 1 N–H and O–H groups in total. The number of fused-ring (bicyclic) bond motifs is 1. The van der Waals surface area contributed by atoms with Crippen molar-refractivity contribution in [3.05, 3.63) is 29.3 Å². The highest BCUT2D eigenvalue weighted by Gasteiger charge is 2.41. The fourth-order valence-electron chi connectivity index (χ4n) is 3.08. The molecule has 0 aliphatic carbocycles. The Hall–Kier alpha value is -1.42. The molecular formula is C14H17N3O2S. The molecule has 0 amide bonds. The topological polar surface area (TPSA) is 73.2 Å². The maximum absolute atomic E-state index is 12.6. The maximum atomic E-state index is 12.6. The molecule has 5 nitrogen and oxygen atoms in total. The lowest BCUT2D eigenvalue weighted by Gasteiger charge is -2.18. The van der Waals surface area contributed by atoms with Crippen LogP contribution in [0.1, 0.15) is 11.1 Å². The molecule has 0 saturated carbocycles. The van der Waals surface area contributed by atoms with E-state index in [9.17, 15) is 8.42 Å². The number of hydrogen-bond donors (Lipinski definition) is 1. The molecule has 2 unspecified atom stereocenters. The molecule has 1 aromatic rings. The van der Waals surface area contributed by atoms with Crippen LogP contribution in [0.15, 0.2) is 23.1 Å². The van der Waals surface area contributed by atoms with Crippen LogP contribution in [0.3, 0.4) is 0 Å². The minimum absolute atomic E-state index is 0.293. The zero-order valence-corrected chi connectivity index (χ0v) is 12.2. The van der Waals surface area contributed by atoms with Gasteiger partial charge in [-0.05, 0) is 55.6 Å². The molecule has 20 heavy (non-hydrogen) atoms. The number of nitrogens with one attached hydrogen (secondary N) is 1. The highest BCUT2D eigenvalue weighted by molar-refractivity contribution is 7.89. The largest absolute Gasteiger partial charge is 0.316 e. The predicted molar refractivity (Wildman–Crippen MR) is 74.5 cm³/mol. The van der Waals surface area contributed by atoms with Gasteiger partial charge in [0, 0.05) is 13.1 Å². The highest BCUT2D eigenvalue weighted by atomic mass is 32.2. The van der Waals surface area contributed by atoms with Gasteiger partial charge >= 0.3 is 0 Å². The Morgan fingerprint density at radius 2 is 1.95 bits per heavy atom. The monoisotopic (exact) mass is 291 g/mol. The van der Waals surface area contributed by atoms with Crippen molar-refractivity contribution in [1.82, 2.24) is 9.62 Å². The lowest BCUT2D eigenvalue weighted by atomic mass is 10.0.